The maximum absolute atomic E-state index is 12.1. The second-order valence-corrected chi connectivity index (χ2v) is 8.57. The minimum absolute atomic E-state index is 0.0447. The molecule has 2 rings (SSSR count). The van der Waals surface area contributed by atoms with Crippen molar-refractivity contribution in [1.82, 2.24) is 5.32 Å². The van der Waals surface area contributed by atoms with E-state index in [2.05, 4.69) is 12.2 Å². The van der Waals surface area contributed by atoms with Crippen molar-refractivity contribution in [3.63, 3.8) is 0 Å². The Morgan fingerprint density at radius 3 is 2.48 bits per heavy atom. The summed E-state index contributed by atoms with van der Waals surface area (Å²) in [5, 5.41) is 2.73. The highest BCUT2D eigenvalue weighted by molar-refractivity contribution is 8.13. The van der Waals surface area contributed by atoms with E-state index >= 15 is 0 Å². The summed E-state index contributed by atoms with van der Waals surface area (Å²) in [5.74, 6) is 0.603. The first-order valence-corrected chi connectivity index (χ1v) is 9.48. The molecule has 1 atom stereocenters. The second kappa shape index (κ2) is 6.32. The second-order valence-electron chi connectivity index (χ2n) is 5.23. The van der Waals surface area contributed by atoms with E-state index in [-0.39, 0.29) is 20.5 Å². The van der Waals surface area contributed by atoms with Crippen molar-refractivity contribution in [3.05, 3.63) is 27.7 Å². The van der Waals surface area contributed by atoms with Crippen LogP contribution in [0.2, 0.25) is 10.0 Å². The van der Waals surface area contributed by atoms with Gasteiger partial charge in [0.2, 0.25) is 0 Å². The standard InChI is InChI=1S/C13H14Cl3NO3S/c1-7(8-2-3-8)6-17-13(18)9-4-12(21(16,19)20)11(15)5-10(9)14/h4-5,7-8H,2-3,6H2,1H3,(H,17,18). The lowest BCUT2D eigenvalue weighted by atomic mass is 10.1. The number of nitrogens with one attached hydrogen (secondary N) is 1. The van der Waals surface area contributed by atoms with E-state index in [1.807, 2.05) is 0 Å². The van der Waals surface area contributed by atoms with Crippen LogP contribution in [-0.4, -0.2) is 20.9 Å². The fourth-order valence-corrected chi connectivity index (χ4v) is 3.90. The molecule has 8 heteroatoms. The van der Waals surface area contributed by atoms with Gasteiger partial charge in [-0.2, -0.15) is 0 Å². The Hall–Kier alpha value is -0.490. The summed E-state index contributed by atoms with van der Waals surface area (Å²) in [6.45, 7) is 2.58. The van der Waals surface area contributed by atoms with Gasteiger partial charge < -0.3 is 5.32 Å². The molecule has 0 bridgehead atoms. The van der Waals surface area contributed by atoms with Gasteiger partial charge in [0.1, 0.15) is 4.90 Å². The number of halogens is 3. The van der Waals surface area contributed by atoms with Crippen molar-refractivity contribution in [1.29, 1.82) is 0 Å². The van der Waals surface area contributed by atoms with Gasteiger partial charge in [-0.3, -0.25) is 4.79 Å². The van der Waals surface area contributed by atoms with Crippen molar-refractivity contribution < 1.29 is 13.2 Å². The average Bonchev–Trinajstić information content (AvgIpc) is 3.18. The van der Waals surface area contributed by atoms with E-state index in [9.17, 15) is 13.2 Å². The predicted octanol–water partition coefficient (Wildman–Crippen LogP) is 3.70. The van der Waals surface area contributed by atoms with E-state index in [1.165, 1.54) is 18.9 Å². The zero-order chi connectivity index (χ0) is 15.8. The molecule has 1 unspecified atom stereocenters. The van der Waals surface area contributed by atoms with Crippen LogP contribution in [0.5, 0.6) is 0 Å². The van der Waals surface area contributed by atoms with Crippen LogP contribution in [0.15, 0.2) is 17.0 Å². The average molecular weight is 371 g/mol. The van der Waals surface area contributed by atoms with Gasteiger partial charge in [-0.25, -0.2) is 8.42 Å². The van der Waals surface area contributed by atoms with Crippen LogP contribution in [0, 0.1) is 11.8 Å². The highest BCUT2D eigenvalue weighted by atomic mass is 35.7. The number of carbonyl (C=O) groups excluding carboxylic acids is 1. The third kappa shape index (κ3) is 4.25. The molecule has 0 aliphatic heterocycles. The van der Waals surface area contributed by atoms with E-state index in [4.69, 9.17) is 33.9 Å². The highest BCUT2D eigenvalue weighted by Crippen LogP contribution is 2.36. The molecule has 0 aromatic heterocycles. The first-order chi connectivity index (χ1) is 9.70. The molecule has 0 radical (unpaired) electrons. The smallest absolute Gasteiger partial charge is 0.262 e. The summed E-state index contributed by atoms with van der Waals surface area (Å²) in [4.78, 5) is 11.8. The van der Waals surface area contributed by atoms with Crippen LogP contribution >= 0.6 is 33.9 Å². The molecular weight excluding hydrogens is 357 g/mol. The van der Waals surface area contributed by atoms with Crippen molar-refractivity contribution in [3.8, 4) is 0 Å². The molecule has 4 nitrogen and oxygen atoms in total. The molecular formula is C13H14Cl3NO3S. The number of hydrogen-bond donors (Lipinski definition) is 1. The van der Waals surface area contributed by atoms with Gasteiger partial charge in [0, 0.05) is 17.2 Å². The summed E-state index contributed by atoms with van der Waals surface area (Å²) >= 11 is 11.7. The van der Waals surface area contributed by atoms with Crippen LogP contribution in [0.25, 0.3) is 0 Å². The molecule has 1 saturated carbocycles. The molecule has 1 aliphatic carbocycles. The fraction of sp³-hybridized carbons (Fsp3) is 0.462. The largest absolute Gasteiger partial charge is 0.352 e. The first-order valence-electron chi connectivity index (χ1n) is 6.42. The maximum atomic E-state index is 12.1. The molecule has 1 N–H and O–H groups in total. The fourth-order valence-electron chi connectivity index (χ4n) is 2.07. The van der Waals surface area contributed by atoms with E-state index in [0.29, 0.717) is 18.4 Å². The lowest BCUT2D eigenvalue weighted by molar-refractivity contribution is 0.0946. The van der Waals surface area contributed by atoms with Crippen molar-refractivity contribution in [2.45, 2.75) is 24.7 Å². The van der Waals surface area contributed by atoms with Gasteiger partial charge in [0.05, 0.1) is 15.6 Å². The van der Waals surface area contributed by atoms with E-state index < -0.39 is 15.0 Å². The van der Waals surface area contributed by atoms with Crippen LogP contribution in [0.1, 0.15) is 30.1 Å². The van der Waals surface area contributed by atoms with Gasteiger partial charge in [0.25, 0.3) is 15.0 Å². The number of amides is 1. The summed E-state index contributed by atoms with van der Waals surface area (Å²) < 4.78 is 22.8. The van der Waals surface area contributed by atoms with Gasteiger partial charge >= 0.3 is 0 Å². The normalized spacial score (nSPS) is 16.6. The zero-order valence-electron chi connectivity index (χ0n) is 11.2. The number of rotatable bonds is 5. The molecule has 1 amide bonds. The van der Waals surface area contributed by atoms with E-state index in [0.717, 1.165) is 6.07 Å². The Morgan fingerprint density at radius 2 is 1.95 bits per heavy atom. The first kappa shape index (κ1) is 16.9. The molecule has 1 aliphatic rings. The number of carbonyl (C=O) groups is 1. The molecule has 1 aromatic carbocycles. The Kier molecular flexibility index (Phi) is 5.08. The summed E-state index contributed by atoms with van der Waals surface area (Å²) in [6, 6.07) is 2.31. The van der Waals surface area contributed by atoms with Crippen molar-refractivity contribution >= 4 is 48.8 Å². The molecule has 0 saturated heterocycles. The Bertz CT molecular complexity index is 671. The van der Waals surface area contributed by atoms with Crippen LogP contribution in [0.3, 0.4) is 0 Å². The molecule has 116 valence electrons. The molecule has 21 heavy (non-hydrogen) atoms. The quantitative estimate of drug-likeness (QED) is 0.804. The van der Waals surface area contributed by atoms with Crippen LogP contribution in [-0.2, 0) is 9.05 Å². The van der Waals surface area contributed by atoms with Gasteiger partial charge in [-0.1, -0.05) is 30.1 Å². The molecule has 0 spiro atoms. The zero-order valence-corrected chi connectivity index (χ0v) is 14.3. The Balaban J connectivity index is 2.19. The van der Waals surface area contributed by atoms with Gasteiger partial charge in [-0.05, 0) is 36.8 Å². The predicted molar refractivity (Wildman–Crippen MR) is 83.7 cm³/mol. The van der Waals surface area contributed by atoms with Gasteiger partial charge in [0.15, 0.2) is 0 Å². The molecule has 1 aromatic rings. The summed E-state index contributed by atoms with van der Waals surface area (Å²) in [7, 11) is 1.24. The molecule has 0 heterocycles. The molecule has 1 fully saturated rings. The highest BCUT2D eigenvalue weighted by Gasteiger charge is 2.28. The third-order valence-corrected chi connectivity index (χ3v) is 5.64. The topological polar surface area (TPSA) is 63.2 Å². The summed E-state index contributed by atoms with van der Waals surface area (Å²) in [6.07, 6.45) is 2.38. The number of benzene rings is 1. The maximum Gasteiger partial charge on any atom is 0.262 e. The minimum atomic E-state index is -4.04. The minimum Gasteiger partial charge on any atom is -0.352 e. The van der Waals surface area contributed by atoms with Crippen LogP contribution in [0.4, 0.5) is 0 Å². The Morgan fingerprint density at radius 1 is 1.33 bits per heavy atom. The van der Waals surface area contributed by atoms with Crippen molar-refractivity contribution in [2.24, 2.45) is 11.8 Å². The van der Waals surface area contributed by atoms with E-state index in [1.54, 1.807) is 0 Å². The van der Waals surface area contributed by atoms with Crippen LogP contribution < -0.4 is 5.32 Å². The number of hydrogen-bond acceptors (Lipinski definition) is 3. The lowest BCUT2D eigenvalue weighted by Gasteiger charge is -2.13. The van der Waals surface area contributed by atoms with Crippen molar-refractivity contribution in [2.75, 3.05) is 6.54 Å². The lowest BCUT2D eigenvalue weighted by Crippen LogP contribution is -2.29. The summed E-state index contributed by atoms with van der Waals surface area (Å²) in [5.41, 5.74) is 0.0447. The third-order valence-electron chi connectivity index (χ3n) is 3.54. The Labute approximate surface area is 138 Å². The van der Waals surface area contributed by atoms with Gasteiger partial charge in [-0.15, -0.1) is 0 Å². The monoisotopic (exact) mass is 369 g/mol. The SMILES string of the molecule is CC(CNC(=O)c1cc(S(=O)(=O)Cl)c(Cl)cc1Cl)C1CC1.